The number of carbonyl (C=O) groups is 2. The van der Waals surface area contributed by atoms with Crippen LogP contribution >= 0.6 is 11.6 Å². The predicted octanol–water partition coefficient (Wildman–Crippen LogP) is 3.52. The highest BCUT2D eigenvalue weighted by Gasteiger charge is 2.26. The van der Waals surface area contributed by atoms with Gasteiger partial charge in [-0.1, -0.05) is 11.6 Å². The summed E-state index contributed by atoms with van der Waals surface area (Å²) in [6.45, 7) is 2.84. The van der Waals surface area contributed by atoms with E-state index in [0.717, 1.165) is 19.4 Å². The molecule has 1 saturated heterocycles. The second kappa shape index (κ2) is 9.38. The molecule has 1 atom stereocenters. The van der Waals surface area contributed by atoms with Crippen LogP contribution < -0.4 is 10.1 Å². The van der Waals surface area contributed by atoms with Gasteiger partial charge in [0.2, 0.25) is 5.91 Å². The standard InChI is InChI=1S/C24H24ClN7O3/c1-15-5-3-9-31(15)21(33)14-30-13-19(22(29-30)17-11-16(25)6-7-20(17)35-2)28-24(34)18-12-27-32-10-4-8-26-23(18)32/h4,6-8,10-13,15H,3,5,9,14H2,1-2H3,(H,28,34)/t15-/m0/s1. The second-order valence-corrected chi connectivity index (χ2v) is 8.85. The average Bonchev–Trinajstić information content (AvgIpc) is 3.57. The van der Waals surface area contributed by atoms with E-state index in [1.54, 1.807) is 50.0 Å². The molecule has 10 nitrogen and oxygen atoms in total. The molecule has 1 aliphatic rings. The SMILES string of the molecule is COc1ccc(Cl)cc1-c1nn(CC(=O)N2CCC[C@@H]2C)cc1NC(=O)c1cnn2cccnc12. The maximum absolute atomic E-state index is 13.2. The van der Waals surface area contributed by atoms with Crippen molar-refractivity contribution in [2.24, 2.45) is 0 Å². The first kappa shape index (κ1) is 22.9. The second-order valence-electron chi connectivity index (χ2n) is 8.41. The van der Waals surface area contributed by atoms with Gasteiger partial charge in [-0.25, -0.2) is 9.50 Å². The van der Waals surface area contributed by atoms with Crippen molar-refractivity contribution in [1.82, 2.24) is 29.3 Å². The van der Waals surface area contributed by atoms with Crippen LogP contribution in [-0.4, -0.2) is 60.8 Å². The number of ether oxygens (including phenoxy) is 1. The third-order valence-electron chi connectivity index (χ3n) is 6.12. The number of likely N-dealkylation sites (tertiary alicyclic amines) is 1. The number of carbonyl (C=O) groups excluding carboxylic acids is 2. The van der Waals surface area contributed by atoms with Gasteiger partial charge in [-0.2, -0.15) is 10.2 Å². The van der Waals surface area contributed by atoms with Crippen LogP contribution in [0.15, 0.2) is 49.1 Å². The zero-order valence-electron chi connectivity index (χ0n) is 19.3. The number of anilines is 1. The molecule has 0 aliphatic carbocycles. The molecule has 1 fully saturated rings. The zero-order valence-corrected chi connectivity index (χ0v) is 20.1. The molecule has 4 aromatic rings. The van der Waals surface area contributed by atoms with Gasteiger partial charge in [-0.05, 0) is 44.0 Å². The Kier molecular flexibility index (Phi) is 6.12. The lowest BCUT2D eigenvalue weighted by Gasteiger charge is -2.21. The Morgan fingerprint density at radius 3 is 2.94 bits per heavy atom. The van der Waals surface area contributed by atoms with Crippen LogP contribution in [0.4, 0.5) is 5.69 Å². The third kappa shape index (κ3) is 4.44. The quantitative estimate of drug-likeness (QED) is 0.440. The van der Waals surface area contributed by atoms with E-state index in [1.165, 1.54) is 15.4 Å². The van der Waals surface area contributed by atoms with Crippen LogP contribution in [-0.2, 0) is 11.3 Å². The fourth-order valence-electron chi connectivity index (χ4n) is 4.37. The molecule has 1 N–H and O–H groups in total. The molecular formula is C24H24ClN7O3. The Bertz CT molecular complexity index is 1410. The minimum absolute atomic E-state index is 0.0215. The fraction of sp³-hybridized carbons (Fsp3) is 0.292. The molecule has 11 heteroatoms. The number of rotatable bonds is 6. The molecule has 0 bridgehead atoms. The van der Waals surface area contributed by atoms with E-state index in [2.05, 4.69) is 20.5 Å². The normalized spacial score (nSPS) is 15.5. The molecule has 0 unspecified atom stereocenters. The molecular weight excluding hydrogens is 470 g/mol. The van der Waals surface area contributed by atoms with Crippen LogP contribution in [0.2, 0.25) is 5.02 Å². The van der Waals surface area contributed by atoms with E-state index in [9.17, 15) is 9.59 Å². The average molecular weight is 494 g/mol. The Labute approximate surface area is 206 Å². The van der Waals surface area contributed by atoms with Crippen molar-refractivity contribution >= 4 is 34.7 Å². The zero-order chi connectivity index (χ0) is 24.5. The van der Waals surface area contributed by atoms with Gasteiger partial charge in [-0.15, -0.1) is 0 Å². The number of amides is 2. The molecule has 1 aliphatic heterocycles. The Morgan fingerprint density at radius 2 is 2.17 bits per heavy atom. The van der Waals surface area contributed by atoms with Crippen LogP contribution in [0.3, 0.4) is 0 Å². The van der Waals surface area contributed by atoms with Gasteiger partial charge in [0.25, 0.3) is 5.91 Å². The molecule has 0 spiro atoms. The first-order valence-corrected chi connectivity index (χ1v) is 11.6. The first-order valence-electron chi connectivity index (χ1n) is 11.2. The van der Waals surface area contributed by atoms with E-state index in [1.807, 2.05) is 11.8 Å². The topological polar surface area (TPSA) is 107 Å². The lowest BCUT2D eigenvalue weighted by molar-refractivity contribution is -0.132. The van der Waals surface area contributed by atoms with E-state index >= 15 is 0 Å². The smallest absolute Gasteiger partial charge is 0.261 e. The molecule has 3 aromatic heterocycles. The maximum atomic E-state index is 13.2. The number of benzene rings is 1. The number of nitrogens with zero attached hydrogens (tertiary/aromatic N) is 6. The monoisotopic (exact) mass is 493 g/mol. The van der Waals surface area contributed by atoms with Gasteiger partial charge in [-0.3, -0.25) is 14.3 Å². The molecule has 5 rings (SSSR count). The Hall–Kier alpha value is -3.92. The van der Waals surface area contributed by atoms with Gasteiger partial charge < -0.3 is 15.0 Å². The van der Waals surface area contributed by atoms with Crippen molar-refractivity contribution in [2.75, 3.05) is 19.0 Å². The van der Waals surface area contributed by atoms with Gasteiger partial charge in [0.05, 0.1) is 19.0 Å². The minimum atomic E-state index is -0.403. The van der Waals surface area contributed by atoms with Gasteiger partial charge in [0, 0.05) is 41.8 Å². The molecule has 180 valence electrons. The number of fused-ring (bicyclic) bond motifs is 1. The van der Waals surface area contributed by atoms with E-state index in [-0.39, 0.29) is 18.5 Å². The molecule has 35 heavy (non-hydrogen) atoms. The maximum Gasteiger partial charge on any atom is 0.261 e. The van der Waals surface area contributed by atoms with Gasteiger partial charge in [0.15, 0.2) is 5.65 Å². The summed E-state index contributed by atoms with van der Waals surface area (Å²) in [6, 6.07) is 7.08. The number of nitrogens with one attached hydrogen (secondary N) is 1. The van der Waals surface area contributed by atoms with Crippen molar-refractivity contribution in [3.63, 3.8) is 0 Å². The highest BCUT2D eigenvalue weighted by atomic mass is 35.5. The lowest BCUT2D eigenvalue weighted by Crippen LogP contribution is -2.36. The van der Waals surface area contributed by atoms with Crippen molar-refractivity contribution in [3.05, 3.63) is 59.6 Å². The third-order valence-corrected chi connectivity index (χ3v) is 6.36. The summed E-state index contributed by atoms with van der Waals surface area (Å²) < 4.78 is 8.57. The summed E-state index contributed by atoms with van der Waals surface area (Å²) in [5.41, 5.74) is 2.17. The van der Waals surface area contributed by atoms with Crippen LogP contribution in [0.5, 0.6) is 5.75 Å². The fourth-order valence-corrected chi connectivity index (χ4v) is 4.54. The van der Waals surface area contributed by atoms with E-state index in [4.69, 9.17) is 16.3 Å². The number of halogens is 1. The summed E-state index contributed by atoms with van der Waals surface area (Å²) in [7, 11) is 1.55. The van der Waals surface area contributed by atoms with Crippen LogP contribution in [0.25, 0.3) is 16.9 Å². The van der Waals surface area contributed by atoms with Crippen molar-refractivity contribution < 1.29 is 14.3 Å². The Balaban J connectivity index is 1.51. The van der Waals surface area contributed by atoms with Gasteiger partial charge >= 0.3 is 0 Å². The first-order chi connectivity index (χ1) is 16.9. The van der Waals surface area contributed by atoms with E-state index < -0.39 is 5.91 Å². The highest BCUT2D eigenvalue weighted by molar-refractivity contribution is 6.31. The Morgan fingerprint density at radius 1 is 1.31 bits per heavy atom. The summed E-state index contributed by atoms with van der Waals surface area (Å²) in [5.74, 6) is 0.110. The van der Waals surface area contributed by atoms with Crippen molar-refractivity contribution in [3.8, 4) is 17.0 Å². The van der Waals surface area contributed by atoms with Crippen molar-refractivity contribution in [2.45, 2.75) is 32.4 Å². The van der Waals surface area contributed by atoms with E-state index in [0.29, 0.717) is 38.9 Å². The summed E-state index contributed by atoms with van der Waals surface area (Å²) >= 11 is 6.26. The number of hydrogen-bond acceptors (Lipinski definition) is 6. The van der Waals surface area contributed by atoms with Gasteiger partial charge in [0.1, 0.15) is 23.6 Å². The minimum Gasteiger partial charge on any atom is -0.496 e. The molecule has 1 aromatic carbocycles. The number of methoxy groups -OCH3 is 1. The molecule has 4 heterocycles. The van der Waals surface area contributed by atoms with Crippen molar-refractivity contribution in [1.29, 1.82) is 0 Å². The summed E-state index contributed by atoms with van der Waals surface area (Å²) in [6.07, 6.45) is 8.39. The molecule has 2 amide bonds. The summed E-state index contributed by atoms with van der Waals surface area (Å²) in [5, 5.41) is 12.2. The van der Waals surface area contributed by atoms with Crippen LogP contribution in [0, 0.1) is 0 Å². The molecule has 0 saturated carbocycles. The largest absolute Gasteiger partial charge is 0.496 e. The molecule has 0 radical (unpaired) electrons. The number of hydrogen-bond donors (Lipinski definition) is 1. The predicted molar refractivity (Wildman–Crippen MR) is 131 cm³/mol. The highest BCUT2D eigenvalue weighted by Crippen LogP contribution is 2.36. The van der Waals surface area contributed by atoms with Crippen LogP contribution in [0.1, 0.15) is 30.1 Å². The summed E-state index contributed by atoms with van der Waals surface area (Å²) in [4.78, 5) is 32.2. The lowest BCUT2D eigenvalue weighted by atomic mass is 10.1. The number of aromatic nitrogens is 5.